The van der Waals surface area contributed by atoms with Gasteiger partial charge >= 0.3 is 0 Å². The lowest BCUT2D eigenvalue weighted by molar-refractivity contribution is -0.139. The molecule has 0 bridgehead atoms. The van der Waals surface area contributed by atoms with Crippen LogP contribution in [0.2, 0.25) is 5.02 Å². The number of nitrogens with one attached hydrogen (secondary N) is 1. The lowest BCUT2D eigenvalue weighted by Crippen LogP contribution is -2.52. The molecular weight excluding hydrogens is 490 g/mol. The number of ether oxygens (including phenoxy) is 1. The summed E-state index contributed by atoms with van der Waals surface area (Å²) in [6.07, 6.45) is 1.74. The molecular formula is C25H34ClN3O5S. The largest absolute Gasteiger partial charge is 0.495 e. The van der Waals surface area contributed by atoms with Crippen molar-refractivity contribution < 1.29 is 22.7 Å². The van der Waals surface area contributed by atoms with Gasteiger partial charge in [0, 0.05) is 17.6 Å². The maximum Gasteiger partial charge on any atom is 0.244 e. The highest BCUT2D eigenvalue weighted by molar-refractivity contribution is 7.92. The van der Waals surface area contributed by atoms with E-state index < -0.39 is 28.5 Å². The summed E-state index contributed by atoms with van der Waals surface area (Å²) in [5, 5.41) is 3.19. The molecule has 10 heteroatoms. The van der Waals surface area contributed by atoms with Crippen LogP contribution in [0.5, 0.6) is 5.75 Å². The van der Waals surface area contributed by atoms with E-state index in [0.29, 0.717) is 5.02 Å². The molecule has 0 spiro atoms. The van der Waals surface area contributed by atoms with Crippen molar-refractivity contribution in [2.45, 2.75) is 52.7 Å². The van der Waals surface area contributed by atoms with Crippen LogP contribution in [-0.2, 0) is 26.2 Å². The van der Waals surface area contributed by atoms with Crippen molar-refractivity contribution in [3.05, 3.63) is 58.6 Å². The third kappa shape index (κ3) is 7.86. The predicted molar refractivity (Wildman–Crippen MR) is 139 cm³/mol. The lowest BCUT2D eigenvalue weighted by Gasteiger charge is -2.32. The van der Waals surface area contributed by atoms with E-state index in [1.54, 1.807) is 13.0 Å². The number of hydrogen-bond donors (Lipinski definition) is 1. The van der Waals surface area contributed by atoms with Gasteiger partial charge in [0.15, 0.2) is 0 Å². The molecule has 1 N–H and O–H groups in total. The molecule has 2 atom stereocenters. The first-order valence-electron chi connectivity index (χ1n) is 11.3. The molecule has 0 aliphatic heterocycles. The topological polar surface area (TPSA) is 96.0 Å². The number of carbonyl (C=O) groups is 2. The third-order valence-electron chi connectivity index (χ3n) is 5.69. The Labute approximate surface area is 213 Å². The van der Waals surface area contributed by atoms with Crippen LogP contribution in [-0.4, -0.2) is 57.1 Å². The maximum atomic E-state index is 13.6. The van der Waals surface area contributed by atoms with Crippen molar-refractivity contribution in [1.82, 2.24) is 10.2 Å². The summed E-state index contributed by atoms with van der Waals surface area (Å²) in [6, 6.07) is 11.2. The number of aryl methyl sites for hydroxylation is 1. The summed E-state index contributed by atoms with van der Waals surface area (Å²) in [4.78, 5) is 27.9. The molecule has 0 unspecified atom stereocenters. The fraction of sp³-hybridized carbons (Fsp3) is 0.440. The summed E-state index contributed by atoms with van der Waals surface area (Å²) < 4.78 is 31.7. The lowest BCUT2D eigenvalue weighted by atomic mass is 10.1. The summed E-state index contributed by atoms with van der Waals surface area (Å²) in [5.41, 5.74) is 1.98. The minimum atomic E-state index is -3.90. The van der Waals surface area contributed by atoms with Crippen molar-refractivity contribution >= 4 is 39.1 Å². The number of benzene rings is 2. The molecule has 2 aromatic carbocycles. The van der Waals surface area contributed by atoms with Gasteiger partial charge in [0.25, 0.3) is 0 Å². The fourth-order valence-electron chi connectivity index (χ4n) is 3.51. The van der Waals surface area contributed by atoms with Crippen molar-refractivity contribution in [3.63, 3.8) is 0 Å². The second-order valence-corrected chi connectivity index (χ2v) is 10.9. The van der Waals surface area contributed by atoms with E-state index in [-0.39, 0.29) is 29.9 Å². The predicted octanol–water partition coefficient (Wildman–Crippen LogP) is 3.76. The molecule has 0 heterocycles. The van der Waals surface area contributed by atoms with Crippen LogP contribution in [0, 0.1) is 6.92 Å². The summed E-state index contributed by atoms with van der Waals surface area (Å²) in [6.45, 7) is 7.02. The summed E-state index contributed by atoms with van der Waals surface area (Å²) in [7, 11) is -2.49. The fourth-order valence-corrected chi connectivity index (χ4v) is 4.52. The summed E-state index contributed by atoms with van der Waals surface area (Å²) >= 11 is 6.12. The molecule has 0 aliphatic rings. The van der Waals surface area contributed by atoms with E-state index in [4.69, 9.17) is 16.3 Å². The normalized spacial score (nSPS) is 13.0. The number of hydrogen-bond acceptors (Lipinski definition) is 5. The van der Waals surface area contributed by atoms with Gasteiger partial charge in [0.05, 0.1) is 19.1 Å². The zero-order chi connectivity index (χ0) is 26.3. The SMILES string of the molecule is CC[C@@H](C)NC(=O)[C@H](C)N(Cc1cccc(C)c1)C(=O)CN(c1cc(Cl)ccc1OC)S(C)(=O)=O. The van der Waals surface area contributed by atoms with Crippen LogP contribution < -0.4 is 14.4 Å². The highest BCUT2D eigenvalue weighted by atomic mass is 35.5. The average molecular weight is 524 g/mol. The Bertz CT molecular complexity index is 1160. The summed E-state index contributed by atoms with van der Waals surface area (Å²) in [5.74, 6) is -0.599. The van der Waals surface area contributed by atoms with Gasteiger partial charge in [-0.1, -0.05) is 48.4 Å². The second kappa shape index (κ2) is 12.3. The van der Waals surface area contributed by atoms with Gasteiger partial charge in [0.2, 0.25) is 21.8 Å². The van der Waals surface area contributed by atoms with Gasteiger partial charge in [0.1, 0.15) is 18.3 Å². The molecule has 2 aromatic rings. The standard InChI is InChI=1S/C25H34ClN3O5S/c1-7-18(3)27-25(31)19(4)28(15-20-10-8-9-17(2)13-20)24(30)16-29(35(6,32)33)22-14-21(26)11-12-23(22)34-5/h8-14,18-19H,7,15-16H2,1-6H3,(H,27,31)/t18-,19+/m1/s1. The number of carbonyl (C=O) groups excluding carboxylic acids is 2. The second-order valence-electron chi connectivity index (χ2n) is 8.59. The van der Waals surface area contributed by atoms with Crippen LogP contribution in [0.1, 0.15) is 38.3 Å². The van der Waals surface area contributed by atoms with Crippen LogP contribution in [0.25, 0.3) is 0 Å². The number of halogens is 1. The minimum absolute atomic E-state index is 0.0656. The van der Waals surface area contributed by atoms with E-state index in [1.807, 2.05) is 45.0 Å². The Hall–Kier alpha value is -2.78. The van der Waals surface area contributed by atoms with Crippen molar-refractivity contribution in [3.8, 4) is 5.75 Å². The molecule has 0 radical (unpaired) electrons. The van der Waals surface area contributed by atoms with Crippen LogP contribution in [0.4, 0.5) is 5.69 Å². The van der Waals surface area contributed by atoms with Gasteiger partial charge in [-0.05, 0) is 51.0 Å². The number of nitrogens with zero attached hydrogens (tertiary/aromatic N) is 2. The van der Waals surface area contributed by atoms with E-state index in [1.165, 1.54) is 24.1 Å². The number of amides is 2. The van der Waals surface area contributed by atoms with E-state index in [9.17, 15) is 18.0 Å². The quantitative estimate of drug-likeness (QED) is 0.484. The molecule has 0 saturated carbocycles. The first kappa shape index (κ1) is 28.5. The Morgan fingerprint density at radius 2 is 1.83 bits per heavy atom. The number of anilines is 1. The van der Waals surface area contributed by atoms with Gasteiger partial charge in [-0.25, -0.2) is 8.42 Å². The molecule has 0 saturated heterocycles. The van der Waals surface area contributed by atoms with E-state index in [0.717, 1.165) is 28.1 Å². The van der Waals surface area contributed by atoms with Crippen molar-refractivity contribution in [1.29, 1.82) is 0 Å². The Balaban J connectivity index is 2.46. The highest BCUT2D eigenvalue weighted by Crippen LogP contribution is 2.33. The zero-order valence-corrected chi connectivity index (χ0v) is 22.6. The van der Waals surface area contributed by atoms with Crippen LogP contribution in [0.3, 0.4) is 0 Å². The molecule has 35 heavy (non-hydrogen) atoms. The van der Waals surface area contributed by atoms with Gasteiger partial charge in [-0.3, -0.25) is 13.9 Å². The molecule has 8 nitrogen and oxygen atoms in total. The number of sulfonamides is 1. The molecule has 0 fully saturated rings. The smallest absolute Gasteiger partial charge is 0.244 e. The molecule has 2 rings (SSSR count). The van der Waals surface area contributed by atoms with Crippen LogP contribution >= 0.6 is 11.6 Å². The van der Waals surface area contributed by atoms with E-state index in [2.05, 4.69) is 5.32 Å². The monoisotopic (exact) mass is 523 g/mol. The van der Waals surface area contributed by atoms with Gasteiger partial charge < -0.3 is 15.0 Å². The Kier molecular flexibility index (Phi) is 9.97. The first-order valence-corrected chi connectivity index (χ1v) is 13.6. The number of methoxy groups -OCH3 is 1. The third-order valence-corrected chi connectivity index (χ3v) is 7.05. The highest BCUT2D eigenvalue weighted by Gasteiger charge is 2.31. The first-order chi connectivity index (χ1) is 16.4. The van der Waals surface area contributed by atoms with Crippen LogP contribution in [0.15, 0.2) is 42.5 Å². The Morgan fingerprint density at radius 3 is 2.40 bits per heavy atom. The number of rotatable bonds is 11. The van der Waals surface area contributed by atoms with Crippen molar-refractivity contribution in [2.24, 2.45) is 0 Å². The maximum absolute atomic E-state index is 13.6. The minimum Gasteiger partial charge on any atom is -0.495 e. The zero-order valence-electron chi connectivity index (χ0n) is 21.0. The molecule has 0 aromatic heterocycles. The molecule has 0 aliphatic carbocycles. The average Bonchev–Trinajstić information content (AvgIpc) is 2.79. The molecule has 2 amide bonds. The molecule has 192 valence electrons. The van der Waals surface area contributed by atoms with Gasteiger partial charge in [-0.2, -0.15) is 0 Å². The Morgan fingerprint density at radius 1 is 1.14 bits per heavy atom. The van der Waals surface area contributed by atoms with Gasteiger partial charge in [-0.15, -0.1) is 0 Å². The van der Waals surface area contributed by atoms with E-state index >= 15 is 0 Å². The van der Waals surface area contributed by atoms with Crippen molar-refractivity contribution in [2.75, 3.05) is 24.2 Å².